The molecule has 2 rings (SSSR count). The van der Waals surface area contributed by atoms with Gasteiger partial charge in [0.15, 0.2) is 8.32 Å². The van der Waals surface area contributed by atoms with Crippen LogP contribution in [0.15, 0.2) is 0 Å². The molecule has 0 spiro atoms. The van der Waals surface area contributed by atoms with Crippen molar-refractivity contribution in [3.05, 3.63) is 0 Å². The molecule has 0 radical (unpaired) electrons. The molecule has 19 heavy (non-hydrogen) atoms. The third-order valence-electron chi connectivity index (χ3n) is 5.11. The van der Waals surface area contributed by atoms with Crippen LogP contribution in [0.1, 0.15) is 39.5 Å². The van der Waals surface area contributed by atoms with Gasteiger partial charge in [-0.2, -0.15) is 0 Å². The average Bonchev–Trinajstić information content (AvgIpc) is 3.21. The number of ether oxygens (including phenoxy) is 2. The Balaban J connectivity index is 1.74. The van der Waals surface area contributed by atoms with Crippen LogP contribution >= 0.6 is 0 Å². The van der Waals surface area contributed by atoms with Crippen molar-refractivity contribution < 1.29 is 13.9 Å². The zero-order chi connectivity index (χ0) is 13.7. The summed E-state index contributed by atoms with van der Waals surface area (Å²) in [6.07, 6.45) is 6.58. The van der Waals surface area contributed by atoms with Crippen molar-refractivity contribution in [2.75, 3.05) is 20.3 Å². The third-order valence-corrected chi connectivity index (χ3v) is 9.70. The molecule has 4 heteroatoms. The fourth-order valence-electron chi connectivity index (χ4n) is 3.44. The Kier molecular flexibility index (Phi) is 5.87. The topological polar surface area (TPSA) is 31.0 Å². The van der Waals surface area contributed by atoms with Gasteiger partial charge in [-0.05, 0) is 43.3 Å². The molecule has 0 aromatic heterocycles. The highest BCUT2D eigenvalue weighted by Gasteiger charge is 2.44. The Morgan fingerprint density at radius 3 is 2.53 bits per heavy atom. The van der Waals surface area contributed by atoms with Gasteiger partial charge < -0.3 is 13.9 Å². The van der Waals surface area contributed by atoms with E-state index in [2.05, 4.69) is 13.8 Å². The number of epoxide rings is 1. The van der Waals surface area contributed by atoms with Crippen LogP contribution in [0.25, 0.3) is 0 Å². The van der Waals surface area contributed by atoms with Crippen LogP contribution in [0.2, 0.25) is 18.1 Å². The molecule has 1 aliphatic carbocycles. The minimum Gasteiger partial charge on any atom is -0.414 e. The Bertz CT molecular complexity index is 268. The summed E-state index contributed by atoms with van der Waals surface area (Å²) in [7, 11) is 0.255. The van der Waals surface area contributed by atoms with E-state index in [1.54, 1.807) is 7.11 Å². The van der Waals surface area contributed by atoms with E-state index in [-0.39, 0.29) is 0 Å². The largest absolute Gasteiger partial charge is 0.414 e. The van der Waals surface area contributed by atoms with E-state index in [4.69, 9.17) is 13.9 Å². The third kappa shape index (κ3) is 4.28. The average molecular weight is 286 g/mol. The molecule has 112 valence electrons. The predicted octanol–water partition coefficient (Wildman–Crippen LogP) is 3.59. The standard InChI is InChI=1S/C15H30O3Si/c1-4-19(5-2,17-10-9-16-3)11-8-13-6-7-14-15(12-13)18-14/h13-15H,4-12H2,1-3H3. The number of methoxy groups -OCH3 is 1. The Labute approximate surface area is 119 Å². The number of rotatable bonds is 9. The van der Waals surface area contributed by atoms with Gasteiger partial charge in [0.2, 0.25) is 0 Å². The van der Waals surface area contributed by atoms with Crippen molar-refractivity contribution in [3.63, 3.8) is 0 Å². The lowest BCUT2D eigenvalue weighted by Gasteiger charge is -2.31. The summed E-state index contributed by atoms with van der Waals surface area (Å²) in [4.78, 5) is 0. The molecule has 3 nitrogen and oxygen atoms in total. The molecule has 3 unspecified atom stereocenters. The molecule has 2 aliphatic rings. The second-order valence-electron chi connectivity index (χ2n) is 6.16. The summed E-state index contributed by atoms with van der Waals surface area (Å²) in [5.41, 5.74) is 0. The molecule has 2 fully saturated rings. The molecule has 1 saturated carbocycles. The first-order valence-electron chi connectivity index (χ1n) is 8.01. The number of fused-ring (bicyclic) bond motifs is 1. The molecule has 3 atom stereocenters. The van der Waals surface area contributed by atoms with Crippen LogP contribution < -0.4 is 0 Å². The quantitative estimate of drug-likeness (QED) is 0.369. The summed E-state index contributed by atoms with van der Waals surface area (Å²) < 4.78 is 17.0. The first-order chi connectivity index (χ1) is 9.23. The van der Waals surface area contributed by atoms with E-state index in [9.17, 15) is 0 Å². The summed E-state index contributed by atoms with van der Waals surface area (Å²) in [6, 6.07) is 3.80. The van der Waals surface area contributed by atoms with E-state index in [0.717, 1.165) is 19.1 Å². The molecule has 1 heterocycles. The van der Waals surface area contributed by atoms with Crippen molar-refractivity contribution in [2.24, 2.45) is 5.92 Å². The van der Waals surface area contributed by atoms with Gasteiger partial charge in [-0.3, -0.25) is 0 Å². The molecule has 0 aromatic carbocycles. The molecular weight excluding hydrogens is 256 g/mol. The summed E-state index contributed by atoms with van der Waals surface area (Å²) in [6.45, 7) is 6.13. The van der Waals surface area contributed by atoms with Gasteiger partial charge >= 0.3 is 0 Å². The second kappa shape index (κ2) is 7.20. The van der Waals surface area contributed by atoms with E-state index in [0.29, 0.717) is 12.2 Å². The lowest BCUT2D eigenvalue weighted by atomic mass is 9.88. The lowest BCUT2D eigenvalue weighted by molar-refractivity contribution is 0.140. The van der Waals surface area contributed by atoms with E-state index < -0.39 is 8.32 Å². The Morgan fingerprint density at radius 2 is 1.89 bits per heavy atom. The van der Waals surface area contributed by atoms with Gasteiger partial charge in [0.1, 0.15) is 0 Å². The maximum atomic E-state index is 6.28. The first kappa shape index (κ1) is 15.5. The Hall–Kier alpha value is 0.0969. The highest BCUT2D eigenvalue weighted by Crippen LogP contribution is 2.42. The molecule has 0 bridgehead atoms. The van der Waals surface area contributed by atoms with Crippen molar-refractivity contribution in [3.8, 4) is 0 Å². The van der Waals surface area contributed by atoms with Crippen LogP contribution in [0, 0.1) is 5.92 Å². The van der Waals surface area contributed by atoms with Crippen molar-refractivity contribution >= 4 is 8.32 Å². The molecular formula is C15H30O3Si. The van der Waals surface area contributed by atoms with E-state index >= 15 is 0 Å². The summed E-state index contributed by atoms with van der Waals surface area (Å²) in [5.74, 6) is 0.889. The predicted molar refractivity (Wildman–Crippen MR) is 80.0 cm³/mol. The van der Waals surface area contributed by atoms with Crippen LogP contribution in [-0.4, -0.2) is 40.8 Å². The zero-order valence-corrected chi connectivity index (χ0v) is 13.8. The molecule has 0 N–H and O–H groups in total. The maximum absolute atomic E-state index is 6.28. The highest BCUT2D eigenvalue weighted by atomic mass is 28.4. The van der Waals surface area contributed by atoms with Crippen LogP contribution in [0.3, 0.4) is 0 Å². The van der Waals surface area contributed by atoms with Gasteiger partial charge in [-0.15, -0.1) is 0 Å². The lowest BCUT2D eigenvalue weighted by Crippen LogP contribution is -2.38. The van der Waals surface area contributed by atoms with E-state index in [1.165, 1.54) is 43.8 Å². The van der Waals surface area contributed by atoms with Crippen LogP contribution in [-0.2, 0) is 13.9 Å². The summed E-state index contributed by atoms with van der Waals surface area (Å²) in [5, 5.41) is 0. The molecule has 1 saturated heterocycles. The van der Waals surface area contributed by atoms with Gasteiger partial charge in [-0.1, -0.05) is 20.3 Å². The second-order valence-corrected chi connectivity index (χ2v) is 10.7. The SMILES string of the molecule is CC[Si](CC)(CCC1CCC2OC2C1)OCCOC. The minimum absolute atomic E-state index is 0.618. The molecule has 1 aliphatic heterocycles. The minimum atomic E-state index is -1.49. The normalized spacial score (nSPS) is 30.2. The van der Waals surface area contributed by atoms with Gasteiger partial charge in [0, 0.05) is 7.11 Å². The fourth-order valence-corrected chi connectivity index (χ4v) is 6.65. The van der Waals surface area contributed by atoms with Crippen molar-refractivity contribution in [2.45, 2.75) is 69.9 Å². The van der Waals surface area contributed by atoms with Crippen molar-refractivity contribution in [1.82, 2.24) is 0 Å². The maximum Gasteiger partial charge on any atom is 0.192 e. The highest BCUT2D eigenvalue weighted by molar-refractivity contribution is 6.73. The van der Waals surface area contributed by atoms with Crippen molar-refractivity contribution in [1.29, 1.82) is 0 Å². The zero-order valence-electron chi connectivity index (χ0n) is 12.8. The smallest absolute Gasteiger partial charge is 0.192 e. The van der Waals surface area contributed by atoms with Gasteiger partial charge in [-0.25, -0.2) is 0 Å². The van der Waals surface area contributed by atoms with Crippen LogP contribution in [0.5, 0.6) is 0 Å². The Morgan fingerprint density at radius 1 is 1.11 bits per heavy atom. The number of hydrogen-bond acceptors (Lipinski definition) is 3. The van der Waals surface area contributed by atoms with Gasteiger partial charge in [0.05, 0.1) is 25.4 Å². The van der Waals surface area contributed by atoms with E-state index in [1.807, 2.05) is 0 Å². The first-order valence-corrected chi connectivity index (χ1v) is 10.5. The summed E-state index contributed by atoms with van der Waals surface area (Å²) >= 11 is 0. The van der Waals surface area contributed by atoms with Crippen LogP contribution in [0.4, 0.5) is 0 Å². The number of hydrogen-bond donors (Lipinski definition) is 0. The molecule has 0 aromatic rings. The monoisotopic (exact) mass is 286 g/mol. The fraction of sp³-hybridized carbons (Fsp3) is 1.00. The molecule has 0 amide bonds. The van der Waals surface area contributed by atoms with Gasteiger partial charge in [0.25, 0.3) is 0 Å².